The molecule has 26 heavy (non-hydrogen) atoms. The van der Waals surface area contributed by atoms with Crippen LogP contribution in [-0.2, 0) is 4.79 Å². The van der Waals surface area contributed by atoms with Gasteiger partial charge in [-0.05, 0) is 38.2 Å². The van der Waals surface area contributed by atoms with Crippen molar-refractivity contribution in [2.24, 2.45) is 0 Å². The van der Waals surface area contributed by atoms with Crippen molar-refractivity contribution in [1.82, 2.24) is 25.0 Å². The van der Waals surface area contributed by atoms with Gasteiger partial charge in [0.2, 0.25) is 5.91 Å². The van der Waals surface area contributed by atoms with E-state index in [2.05, 4.69) is 19.9 Å². The van der Waals surface area contributed by atoms with E-state index in [-0.39, 0.29) is 18.0 Å². The summed E-state index contributed by atoms with van der Waals surface area (Å²) in [6.07, 6.45) is 8.46. The first-order chi connectivity index (χ1) is 12.6. The Morgan fingerprint density at radius 3 is 3.00 bits per heavy atom. The van der Waals surface area contributed by atoms with Gasteiger partial charge in [0.1, 0.15) is 24.3 Å². The number of carbonyl (C=O) groups excluding carboxylic acids is 1. The zero-order chi connectivity index (χ0) is 18.1. The van der Waals surface area contributed by atoms with Crippen molar-refractivity contribution in [3.8, 4) is 0 Å². The Labute approximate surface area is 152 Å². The van der Waals surface area contributed by atoms with E-state index < -0.39 is 0 Å². The second-order valence-corrected chi connectivity index (χ2v) is 7.45. The molecule has 140 valence electrons. The summed E-state index contributed by atoms with van der Waals surface area (Å²) in [5.41, 5.74) is 0.599. The molecule has 2 aliphatic rings. The number of aromatic nitrogens is 3. The standard InChI is InChI=1S/C18H25FN6O/c1-23(19)11-15(26)25-10-3-2-6-18(25)7-4-9-24(12-18)17-14-5-8-20-16(14)21-13-22-17/h5,8,13H,2-4,6-7,9-12H2,1H3,(H,20,21,22). The predicted octanol–water partition coefficient (Wildman–Crippen LogP) is 2.13. The number of likely N-dealkylation sites (tertiary alicyclic amines) is 1. The van der Waals surface area contributed by atoms with Crippen LogP contribution >= 0.6 is 0 Å². The number of anilines is 1. The molecule has 0 saturated carbocycles. The fraction of sp³-hybridized carbons (Fsp3) is 0.611. The number of carbonyl (C=O) groups is 1. The zero-order valence-electron chi connectivity index (χ0n) is 15.1. The highest BCUT2D eigenvalue weighted by Gasteiger charge is 2.44. The molecule has 1 N–H and O–H groups in total. The minimum atomic E-state index is -0.225. The van der Waals surface area contributed by atoms with E-state index in [9.17, 15) is 9.28 Å². The smallest absolute Gasteiger partial charge is 0.240 e. The second kappa shape index (κ2) is 6.83. The fourth-order valence-electron chi connectivity index (χ4n) is 4.59. The first-order valence-corrected chi connectivity index (χ1v) is 9.29. The summed E-state index contributed by atoms with van der Waals surface area (Å²) < 4.78 is 13.3. The number of piperidine rings is 2. The molecular weight excluding hydrogens is 335 g/mol. The lowest BCUT2D eigenvalue weighted by molar-refractivity contribution is -0.145. The van der Waals surface area contributed by atoms with E-state index >= 15 is 0 Å². The highest BCUT2D eigenvalue weighted by atomic mass is 19.2. The summed E-state index contributed by atoms with van der Waals surface area (Å²) in [4.78, 5) is 28.8. The lowest BCUT2D eigenvalue weighted by Gasteiger charge is -2.52. The molecule has 7 nitrogen and oxygen atoms in total. The molecule has 1 amide bonds. The van der Waals surface area contributed by atoms with Gasteiger partial charge in [-0.3, -0.25) is 4.79 Å². The minimum Gasteiger partial charge on any atom is -0.354 e. The van der Waals surface area contributed by atoms with Gasteiger partial charge in [-0.25, -0.2) is 9.97 Å². The van der Waals surface area contributed by atoms with E-state index in [0.29, 0.717) is 11.7 Å². The second-order valence-electron chi connectivity index (χ2n) is 7.45. The summed E-state index contributed by atoms with van der Waals surface area (Å²) in [6, 6.07) is 1.99. The van der Waals surface area contributed by atoms with Crippen LogP contribution in [0.1, 0.15) is 32.1 Å². The first kappa shape index (κ1) is 17.2. The molecule has 4 heterocycles. The van der Waals surface area contributed by atoms with Crippen LogP contribution in [0.15, 0.2) is 18.6 Å². The fourth-order valence-corrected chi connectivity index (χ4v) is 4.59. The first-order valence-electron chi connectivity index (χ1n) is 9.29. The molecule has 1 atom stereocenters. The van der Waals surface area contributed by atoms with Crippen molar-refractivity contribution in [3.63, 3.8) is 0 Å². The lowest BCUT2D eigenvalue weighted by atomic mass is 9.79. The highest BCUT2D eigenvalue weighted by Crippen LogP contribution is 2.38. The number of halogens is 1. The van der Waals surface area contributed by atoms with Gasteiger partial charge in [0.25, 0.3) is 0 Å². The number of rotatable bonds is 3. The molecular formula is C18H25FN6O. The van der Waals surface area contributed by atoms with E-state index in [4.69, 9.17) is 0 Å². The van der Waals surface area contributed by atoms with Gasteiger partial charge in [0.05, 0.1) is 10.9 Å². The van der Waals surface area contributed by atoms with Crippen LogP contribution in [0, 0.1) is 0 Å². The lowest BCUT2D eigenvalue weighted by Crippen LogP contribution is -2.63. The number of amides is 1. The molecule has 0 aromatic carbocycles. The van der Waals surface area contributed by atoms with Crippen LogP contribution in [0.25, 0.3) is 11.0 Å². The van der Waals surface area contributed by atoms with Crippen molar-refractivity contribution < 1.29 is 9.28 Å². The van der Waals surface area contributed by atoms with Gasteiger partial charge >= 0.3 is 0 Å². The van der Waals surface area contributed by atoms with E-state index in [1.165, 1.54) is 7.05 Å². The topological polar surface area (TPSA) is 68.4 Å². The third-order valence-electron chi connectivity index (χ3n) is 5.69. The number of nitrogens with one attached hydrogen (secondary N) is 1. The molecule has 2 aromatic rings. The number of hydrogen-bond donors (Lipinski definition) is 1. The normalized spacial score (nSPS) is 24.0. The van der Waals surface area contributed by atoms with Crippen molar-refractivity contribution >= 4 is 22.8 Å². The monoisotopic (exact) mass is 360 g/mol. The molecule has 8 heteroatoms. The van der Waals surface area contributed by atoms with Crippen molar-refractivity contribution in [2.75, 3.05) is 38.1 Å². The van der Waals surface area contributed by atoms with Crippen LogP contribution in [0.2, 0.25) is 0 Å². The highest BCUT2D eigenvalue weighted by molar-refractivity contribution is 5.87. The summed E-state index contributed by atoms with van der Waals surface area (Å²) in [6.45, 7) is 2.18. The van der Waals surface area contributed by atoms with Gasteiger partial charge in [-0.2, -0.15) is 0 Å². The predicted molar refractivity (Wildman–Crippen MR) is 97.4 cm³/mol. The van der Waals surface area contributed by atoms with Crippen LogP contribution in [0.4, 0.5) is 10.3 Å². The Hall–Kier alpha value is -2.22. The molecule has 1 unspecified atom stereocenters. The van der Waals surface area contributed by atoms with Crippen LogP contribution in [0.3, 0.4) is 0 Å². The molecule has 2 aliphatic heterocycles. The number of fused-ring (bicyclic) bond motifs is 1. The Morgan fingerprint density at radius 2 is 2.15 bits per heavy atom. The zero-order valence-corrected chi connectivity index (χ0v) is 15.1. The maximum atomic E-state index is 13.3. The Kier molecular flexibility index (Phi) is 4.52. The number of hydrogen-bond acceptors (Lipinski definition) is 5. The van der Waals surface area contributed by atoms with Crippen LogP contribution in [-0.4, -0.2) is 69.6 Å². The van der Waals surface area contributed by atoms with E-state index in [1.807, 2.05) is 17.2 Å². The average Bonchev–Trinajstić information content (AvgIpc) is 3.10. The van der Waals surface area contributed by atoms with Gasteiger partial charge < -0.3 is 14.8 Å². The van der Waals surface area contributed by atoms with Gasteiger partial charge in [0, 0.05) is 32.9 Å². The van der Waals surface area contributed by atoms with Gasteiger partial charge in [-0.15, -0.1) is 9.60 Å². The third-order valence-corrected chi connectivity index (χ3v) is 5.69. The maximum Gasteiger partial charge on any atom is 0.240 e. The quantitative estimate of drug-likeness (QED) is 0.850. The molecule has 0 bridgehead atoms. The molecule has 1 spiro atoms. The van der Waals surface area contributed by atoms with Crippen molar-refractivity contribution in [2.45, 2.75) is 37.6 Å². The molecule has 0 aliphatic carbocycles. The summed E-state index contributed by atoms with van der Waals surface area (Å²) >= 11 is 0. The van der Waals surface area contributed by atoms with Gasteiger partial charge in [0.15, 0.2) is 0 Å². The summed E-state index contributed by atoms with van der Waals surface area (Å²) in [5.74, 6) is 0.793. The SMILES string of the molecule is CN(F)CC(=O)N1CCCCC12CCCN(c1ncnc3[nH]ccc13)C2. The van der Waals surface area contributed by atoms with Gasteiger partial charge in [-0.1, -0.05) is 0 Å². The molecule has 4 rings (SSSR count). The van der Waals surface area contributed by atoms with Crippen LogP contribution in [0.5, 0.6) is 0 Å². The number of likely N-dealkylation sites (N-methyl/N-ethyl adjacent to an activating group) is 1. The molecule has 2 aromatic heterocycles. The third kappa shape index (κ3) is 3.02. The number of aromatic amines is 1. The molecule has 2 fully saturated rings. The van der Waals surface area contributed by atoms with Crippen LogP contribution < -0.4 is 4.90 Å². The summed E-state index contributed by atoms with van der Waals surface area (Å²) in [5, 5.41) is 1.47. The number of nitrogens with zero attached hydrogens (tertiary/aromatic N) is 5. The molecule has 0 radical (unpaired) electrons. The van der Waals surface area contributed by atoms with Crippen molar-refractivity contribution in [1.29, 1.82) is 0 Å². The number of H-pyrrole nitrogens is 1. The Balaban J connectivity index is 1.63. The largest absolute Gasteiger partial charge is 0.354 e. The Bertz CT molecular complexity index is 789. The van der Waals surface area contributed by atoms with E-state index in [0.717, 1.165) is 62.0 Å². The average molecular weight is 360 g/mol. The molecule has 2 saturated heterocycles. The maximum absolute atomic E-state index is 13.3. The Morgan fingerprint density at radius 1 is 1.31 bits per heavy atom. The van der Waals surface area contributed by atoms with E-state index in [1.54, 1.807) is 6.33 Å². The van der Waals surface area contributed by atoms with Crippen molar-refractivity contribution in [3.05, 3.63) is 18.6 Å². The summed E-state index contributed by atoms with van der Waals surface area (Å²) in [7, 11) is 1.30. The minimum absolute atomic E-state index is 0.119.